The van der Waals surface area contributed by atoms with Crippen LogP contribution in [0.3, 0.4) is 0 Å². The van der Waals surface area contributed by atoms with Gasteiger partial charge >= 0.3 is 0 Å². The summed E-state index contributed by atoms with van der Waals surface area (Å²) in [5.41, 5.74) is 10.3. The predicted octanol–water partition coefficient (Wildman–Crippen LogP) is 16.8. The number of aromatic hydroxyl groups is 4. The zero-order valence-electron chi connectivity index (χ0n) is 43.3. The zero-order valence-corrected chi connectivity index (χ0v) is 43.3. The van der Waals surface area contributed by atoms with Gasteiger partial charge in [-0.2, -0.15) is 0 Å². The highest BCUT2D eigenvalue weighted by Crippen LogP contribution is 2.53. The molecule has 0 fully saturated rings. The summed E-state index contributed by atoms with van der Waals surface area (Å²) in [5, 5.41) is 50.9. The minimum atomic E-state index is -0.644. The van der Waals surface area contributed by atoms with Gasteiger partial charge < -0.3 is 20.4 Å². The highest BCUT2D eigenvalue weighted by atomic mass is 16.3. The van der Waals surface area contributed by atoms with Crippen LogP contribution in [-0.2, 0) is 21.7 Å². The summed E-state index contributed by atoms with van der Waals surface area (Å²) < 4.78 is 0. The number of phenolic OH excluding ortho intramolecular Hbond substituents is 4. The summed E-state index contributed by atoms with van der Waals surface area (Å²) in [5.74, 6) is -1.17. The molecule has 0 aromatic heterocycles. The molecule has 0 aliphatic rings. The Kier molecular flexibility index (Phi) is 14.7. The van der Waals surface area contributed by atoms with Crippen LogP contribution < -0.4 is 0 Å². The van der Waals surface area contributed by atoms with Crippen LogP contribution in [0.4, 0.5) is 0 Å². The Morgan fingerprint density at radius 1 is 0.304 bits per heavy atom. The van der Waals surface area contributed by atoms with Gasteiger partial charge in [0.1, 0.15) is 23.0 Å². The van der Waals surface area contributed by atoms with Gasteiger partial charge in [-0.15, -0.1) is 0 Å². The number of hydrogen-bond acceptors (Lipinski definition) is 4. The lowest BCUT2D eigenvalue weighted by Gasteiger charge is -2.33. The Morgan fingerprint density at radius 2 is 0.536 bits per heavy atom. The number of phenols is 4. The maximum Gasteiger partial charge on any atom is 0.123 e. The summed E-state index contributed by atoms with van der Waals surface area (Å²) in [6.45, 7) is 26.7. The molecule has 0 aliphatic carbocycles. The van der Waals surface area contributed by atoms with E-state index in [2.05, 4.69) is 156 Å². The Morgan fingerprint density at radius 3 is 0.797 bits per heavy atom. The Labute approximate surface area is 413 Å². The molecule has 7 rings (SSSR count). The summed E-state index contributed by atoms with van der Waals surface area (Å²) in [6, 6.07) is 51.2. The minimum absolute atomic E-state index is 0.112. The van der Waals surface area contributed by atoms with E-state index in [1.54, 1.807) is 0 Å². The van der Waals surface area contributed by atoms with Gasteiger partial charge in [-0.1, -0.05) is 223 Å². The van der Waals surface area contributed by atoms with Crippen LogP contribution in [-0.4, -0.2) is 20.4 Å². The van der Waals surface area contributed by atoms with Crippen LogP contribution in [0.15, 0.2) is 152 Å². The lowest BCUT2D eigenvalue weighted by atomic mass is 9.71. The van der Waals surface area contributed by atoms with Crippen molar-refractivity contribution < 1.29 is 20.4 Å². The average Bonchev–Trinajstić information content (AvgIpc) is 3.35. The SMILES string of the molecule is CCC(C)(C)c1ccc(O)c(C(c2ccccc2)c2cc(C(C)(C)CC)cc(C(c3ccccc3)c3cc(C(C)(C)CC)cc(C(c4ccccc4)c4cc(C(C)(C)CC)ccc4O)c3O)c2O)c1. The van der Waals surface area contributed by atoms with E-state index in [0.717, 1.165) is 75.8 Å². The van der Waals surface area contributed by atoms with Gasteiger partial charge in [0.2, 0.25) is 0 Å². The summed E-state index contributed by atoms with van der Waals surface area (Å²) in [4.78, 5) is 0. The van der Waals surface area contributed by atoms with E-state index in [-0.39, 0.29) is 44.7 Å². The van der Waals surface area contributed by atoms with E-state index in [0.29, 0.717) is 22.3 Å². The molecule has 0 spiro atoms. The van der Waals surface area contributed by atoms with Crippen molar-refractivity contribution in [2.45, 2.75) is 148 Å². The van der Waals surface area contributed by atoms with E-state index in [9.17, 15) is 20.4 Å². The second-order valence-corrected chi connectivity index (χ2v) is 22.0. The highest BCUT2D eigenvalue weighted by molar-refractivity contribution is 5.65. The van der Waals surface area contributed by atoms with E-state index in [4.69, 9.17) is 0 Å². The molecule has 0 saturated heterocycles. The quantitative estimate of drug-likeness (QED) is 0.0686. The van der Waals surface area contributed by atoms with E-state index >= 15 is 0 Å². The van der Waals surface area contributed by atoms with E-state index < -0.39 is 17.8 Å². The molecule has 0 aliphatic heterocycles. The molecule has 2 atom stereocenters. The third-order valence-corrected chi connectivity index (χ3v) is 16.3. The molecule has 0 heterocycles. The second-order valence-electron chi connectivity index (χ2n) is 22.0. The maximum atomic E-state index is 13.5. The Balaban J connectivity index is 1.63. The summed E-state index contributed by atoms with van der Waals surface area (Å²) in [7, 11) is 0. The second kappa shape index (κ2) is 20.0. The lowest BCUT2D eigenvalue weighted by molar-refractivity contribution is 0.442. The van der Waals surface area contributed by atoms with Crippen LogP contribution >= 0.6 is 0 Å². The number of benzene rings is 7. The molecule has 69 heavy (non-hydrogen) atoms. The molecule has 360 valence electrons. The van der Waals surface area contributed by atoms with Gasteiger partial charge in [-0.3, -0.25) is 0 Å². The van der Waals surface area contributed by atoms with Crippen LogP contribution in [0.5, 0.6) is 23.0 Å². The molecular weight excluding hydrogens is 845 g/mol. The molecule has 0 saturated carbocycles. The molecule has 0 radical (unpaired) electrons. The monoisotopic (exact) mass is 921 g/mol. The first-order valence-corrected chi connectivity index (χ1v) is 25.3. The molecule has 4 nitrogen and oxygen atoms in total. The average molecular weight is 921 g/mol. The smallest absolute Gasteiger partial charge is 0.123 e. The molecule has 0 bridgehead atoms. The lowest BCUT2D eigenvalue weighted by Crippen LogP contribution is -2.20. The van der Waals surface area contributed by atoms with Crippen LogP contribution in [0.1, 0.15) is 199 Å². The molecule has 2 unspecified atom stereocenters. The largest absolute Gasteiger partial charge is 0.508 e. The van der Waals surface area contributed by atoms with Crippen molar-refractivity contribution in [1.29, 1.82) is 0 Å². The van der Waals surface area contributed by atoms with Gasteiger partial charge in [-0.25, -0.2) is 0 Å². The zero-order chi connectivity index (χ0) is 50.1. The van der Waals surface area contributed by atoms with Crippen molar-refractivity contribution in [3.63, 3.8) is 0 Å². The first-order valence-electron chi connectivity index (χ1n) is 25.3. The first kappa shape index (κ1) is 50.6. The molecule has 7 aromatic carbocycles. The van der Waals surface area contributed by atoms with Crippen LogP contribution in [0.2, 0.25) is 0 Å². The van der Waals surface area contributed by atoms with E-state index in [1.807, 2.05) is 78.9 Å². The topological polar surface area (TPSA) is 80.9 Å². The van der Waals surface area contributed by atoms with Crippen LogP contribution in [0.25, 0.3) is 0 Å². The maximum absolute atomic E-state index is 13.5. The third-order valence-electron chi connectivity index (χ3n) is 16.3. The fourth-order valence-corrected chi connectivity index (χ4v) is 9.77. The van der Waals surface area contributed by atoms with Gasteiger partial charge in [0.15, 0.2) is 0 Å². The van der Waals surface area contributed by atoms with Gasteiger partial charge in [-0.05, 0) is 98.4 Å². The molecule has 7 aromatic rings. The van der Waals surface area contributed by atoms with Crippen molar-refractivity contribution >= 4 is 0 Å². The number of rotatable bonds is 17. The molecule has 4 heteroatoms. The number of hydrogen-bond donors (Lipinski definition) is 4. The Hall–Kier alpha value is -6.26. The summed E-state index contributed by atoms with van der Waals surface area (Å²) >= 11 is 0. The van der Waals surface area contributed by atoms with Gasteiger partial charge in [0.05, 0.1) is 0 Å². The molecular formula is C65H76O4. The fraction of sp³-hybridized carbons (Fsp3) is 0.354. The van der Waals surface area contributed by atoms with Gasteiger partial charge in [0, 0.05) is 51.1 Å². The van der Waals surface area contributed by atoms with Crippen molar-refractivity contribution in [1.82, 2.24) is 0 Å². The van der Waals surface area contributed by atoms with Crippen molar-refractivity contribution in [3.05, 3.63) is 224 Å². The summed E-state index contributed by atoms with van der Waals surface area (Å²) in [6.07, 6.45) is 3.49. The molecule has 0 amide bonds. The predicted molar refractivity (Wildman–Crippen MR) is 288 cm³/mol. The van der Waals surface area contributed by atoms with Crippen molar-refractivity contribution in [3.8, 4) is 23.0 Å². The highest BCUT2D eigenvalue weighted by Gasteiger charge is 2.36. The fourth-order valence-electron chi connectivity index (χ4n) is 9.77. The minimum Gasteiger partial charge on any atom is -0.508 e. The standard InChI is InChI=1S/C65H76O4/c1-13-62(5,6)45-32-34-55(66)49(36-45)57(42-26-20-17-21-27-42)51-38-47(64(9,10)15-3)40-53(60(51)68)59(44-30-24-19-25-31-44)54-41-48(65(11,12)16-4)39-52(61(54)69)58(43-28-22-18-23-29-43)50-37-46(33-35-56(50)67)63(7,8)14-2/h17-41,57-59,66-69H,13-16H2,1-12H3. The van der Waals surface area contributed by atoms with Crippen molar-refractivity contribution in [2.24, 2.45) is 0 Å². The Bertz CT molecular complexity index is 2690. The van der Waals surface area contributed by atoms with E-state index in [1.165, 1.54) is 0 Å². The van der Waals surface area contributed by atoms with Crippen molar-refractivity contribution in [2.75, 3.05) is 0 Å². The normalized spacial score (nSPS) is 13.8. The first-order chi connectivity index (χ1) is 32.7. The molecule has 4 N–H and O–H groups in total. The third kappa shape index (κ3) is 10.1. The van der Waals surface area contributed by atoms with Crippen LogP contribution in [0, 0.1) is 0 Å². The van der Waals surface area contributed by atoms with Gasteiger partial charge in [0.25, 0.3) is 0 Å².